The van der Waals surface area contributed by atoms with Crippen LogP contribution in [0.1, 0.15) is 46.5 Å². The molecule has 2 aromatic carbocycles. The Balaban J connectivity index is 0.000000254. The number of aryl methyl sites for hydroxylation is 2. The van der Waals surface area contributed by atoms with Crippen molar-refractivity contribution in [3.63, 3.8) is 0 Å². The van der Waals surface area contributed by atoms with E-state index in [1.807, 2.05) is 6.92 Å². The Hall–Kier alpha value is -3.79. The average Bonchev–Trinajstić information content (AvgIpc) is 2.78. The molecule has 10 heteroatoms. The number of ketones is 1. The van der Waals surface area contributed by atoms with Crippen LogP contribution < -0.4 is 10.1 Å². The second-order valence-corrected chi connectivity index (χ2v) is 7.13. The van der Waals surface area contributed by atoms with Crippen molar-refractivity contribution in [1.82, 2.24) is 5.32 Å². The van der Waals surface area contributed by atoms with E-state index in [0.29, 0.717) is 17.7 Å². The van der Waals surface area contributed by atoms with Gasteiger partial charge in [0.15, 0.2) is 18.3 Å². The number of fused-ring (bicyclic) bond motifs is 1. The molecule has 0 saturated carbocycles. The molecule has 1 heterocycles. The van der Waals surface area contributed by atoms with Gasteiger partial charge in [-0.25, -0.2) is 4.39 Å². The van der Waals surface area contributed by atoms with E-state index in [2.05, 4.69) is 10.5 Å². The number of carboxylic acid groups (broad SMARTS) is 1. The monoisotopic (exact) mass is 460 g/mol. The van der Waals surface area contributed by atoms with Crippen LogP contribution in [0.4, 0.5) is 4.39 Å². The van der Waals surface area contributed by atoms with E-state index < -0.39 is 24.2 Å². The third-order valence-corrected chi connectivity index (χ3v) is 4.71. The van der Waals surface area contributed by atoms with Gasteiger partial charge in [-0.05, 0) is 48.7 Å². The minimum atomic E-state index is -1.14. The summed E-state index contributed by atoms with van der Waals surface area (Å²) in [5.74, 6) is -1.50. The number of halogens is 1. The predicted molar refractivity (Wildman–Crippen MR) is 116 cm³/mol. The normalized spacial score (nSPS) is 12.5. The van der Waals surface area contributed by atoms with E-state index >= 15 is 0 Å². The van der Waals surface area contributed by atoms with Crippen LogP contribution in [0, 0.1) is 12.7 Å². The van der Waals surface area contributed by atoms with E-state index in [1.165, 1.54) is 37.3 Å². The fourth-order valence-electron chi connectivity index (χ4n) is 3.16. The molecule has 1 aliphatic heterocycles. The van der Waals surface area contributed by atoms with Gasteiger partial charge in [-0.1, -0.05) is 18.1 Å². The third-order valence-electron chi connectivity index (χ3n) is 4.71. The highest BCUT2D eigenvalue weighted by Crippen LogP contribution is 2.29. The summed E-state index contributed by atoms with van der Waals surface area (Å²) in [5, 5.41) is 22.5. The van der Waals surface area contributed by atoms with Crippen molar-refractivity contribution in [2.75, 3.05) is 13.3 Å². The number of carbonyl (C=O) groups is 3. The molecule has 1 aliphatic rings. The van der Waals surface area contributed by atoms with Crippen molar-refractivity contribution >= 4 is 23.4 Å². The summed E-state index contributed by atoms with van der Waals surface area (Å²) in [7, 11) is 0. The second kappa shape index (κ2) is 11.7. The number of carbonyl (C=O) groups excluding carboxylic acids is 2. The topological polar surface area (TPSA) is 135 Å². The number of Topliss-reactive ketones (excluding diaryl/α,β-unsaturated/α-hetero) is 1. The maximum atomic E-state index is 13.0. The molecule has 3 rings (SSSR count). The van der Waals surface area contributed by atoms with E-state index in [1.54, 1.807) is 6.92 Å². The fourth-order valence-corrected chi connectivity index (χ4v) is 3.16. The molecule has 0 aliphatic carbocycles. The first-order chi connectivity index (χ1) is 15.7. The largest absolute Gasteiger partial charge is 0.480 e. The van der Waals surface area contributed by atoms with Gasteiger partial charge in [-0.15, -0.1) is 0 Å². The van der Waals surface area contributed by atoms with Crippen LogP contribution in [0.25, 0.3) is 0 Å². The second-order valence-electron chi connectivity index (χ2n) is 7.13. The molecule has 1 amide bonds. The number of benzene rings is 2. The zero-order valence-electron chi connectivity index (χ0n) is 18.5. The standard InChI is InChI=1S/C13H14N2O5.C10H11FO2/c1-7-5-9(13(19)14-6-11(17)18)3-4-10(7)12(15-20)8(2)16;1-2-7-3-9(11)4-8-5-12-6-13-10(7)8/h3-5,20H,6H2,1-2H3,(H,14,19)(H,17,18);3-4H,2,5-6H2,1H3/b15-12+;. The molecule has 0 bridgehead atoms. The minimum Gasteiger partial charge on any atom is -0.480 e. The predicted octanol–water partition coefficient (Wildman–Crippen LogP) is 2.83. The number of carboxylic acids is 1. The molecular formula is C23H25FN2O7. The number of nitrogens with zero attached hydrogens (tertiary/aromatic N) is 1. The summed E-state index contributed by atoms with van der Waals surface area (Å²) >= 11 is 0. The van der Waals surface area contributed by atoms with E-state index in [0.717, 1.165) is 23.3 Å². The lowest BCUT2D eigenvalue weighted by Gasteiger charge is -2.20. The highest BCUT2D eigenvalue weighted by atomic mass is 19.1. The van der Waals surface area contributed by atoms with Crippen molar-refractivity contribution in [3.8, 4) is 5.75 Å². The van der Waals surface area contributed by atoms with E-state index in [9.17, 15) is 18.8 Å². The first-order valence-corrected chi connectivity index (χ1v) is 10.0. The molecule has 0 spiro atoms. The maximum Gasteiger partial charge on any atom is 0.322 e. The van der Waals surface area contributed by atoms with Crippen LogP contribution in [0.3, 0.4) is 0 Å². The molecule has 0 saturated heterocycles. The lowest BCUT2D eigenvalue weighted by atomic mass is 9.99. The number of aliphatic carboxylic acids is 1. The molecule has 3 N–H and O–H groups in total. The molecule has 176 valence electrons. The molecule has 2 aromatic rings. The Morgan fingerprint density at radius 1 is 1.21 bits per heavy atom. The summed E-state index contributed by atoms with van der Waals surface area (Å²) in [6, 6.07) is 7.37. The number of amides is 1. The number of rotatable bonds is 6. The first-order valence-electron chi connectivity index (χ1n) is 10.0. The lowest BCUT2D eigenvalue weighted by Crippen LogP contribution is -2.29. The third kappa shape index (κ3) is 6.84. The number of oxime groups is 1. The van der Waals surface area contributed by atoms with Crippen LogP contribution in [-0.4, -0.2) is 47.0 Å². The van der Waals surface area contributed by atoms with Crippen molar-refractivity contribution < 1.29 is 38.6 Å². The zero-order chi connectivity index (χ0) is 24.5. The highest BCUT2D eigenvalue weighted by Gasteiger charge is 2.16. The number of nitrogens with one attached hydrogen (secondary N) is 1. The van der Waals surface area contributed by atoms with Gasteiger partial charge in [0.25, 0.3) is 5.91 Å². The molecule has 33 heavy (non-hydrogen) atoms. The van der Waals surface area contributed by atoms with Gasteiger partial charge in [0.2, 0.25) is 0 Å². The molecular weight excluding hydrogens is 435 g/mol. The molecule has 9 nitrogen and oxygen atoms in total. The van der Waals surface area contributed by atoms with Crippen LogP contribution in [0.2, 0.25) is 0 Å². The smallest absolute Gasteiger partial charge is 0.322 e. The number of hydrogen-bond donors (Lipinski definition) is 3. The molecule has 0 aromatic heterocycles. The van der Waals surface area contributed by atoms with Crippen LogP contribution in [0.5, 0.6) is 5.75 Å². The number of ether oxygens (including phenoxy) is 2. The lowest BCUT2D eigenvalue weighted by molar-refractivity contribution is -0.135. The van der Waals surface area contributed by atoms with E-state index in [4.69, 9.17) is 19.8 Å². The molecule has 0 unspecified atom stereocenters. The fraction of sp³-hybridized carbons (Fsp3) is 0.304. The van der Waals surface area contributed by atoms with Crippen molar-refractivity contribution in [2.45, 2.75) is 33.8 Å². The average molecular weight is 460 g/mol. The van der Waals surface area contributed by atoms with Crippen LogP contribution in [0.15, 0.2) is 35.5 Å². The van der Waals surface area contributed by atoms with Gasteiger partial charge in [-0.2, -0.15) is 0 Å². The van der Waals surface area contributed by atoms with Crippen molar-refractivity contribution in [3.05, 3.63) is 64.0 Å². The summed E-state index contributed by atoms with van der Waals surface area (Å²) < 4.78 is 23.4. The Kier molecular flexibility index (Phi) is 9.05. The summed E-state index contributed by atoms with van der Waals surface area (Å²) in [4.78, 5) is 33.3. The van der Waals surface area contributed by atoms with E-state index in [-0.39, 0.29) is 23.9 Å². The first kappa shape index (κ1) is 25.5. The molecule has 0 radical (unpaired) electrons. The SMILES string of the molecule is CC(=O)/C(=N\O)c1ccc(C(=O)NCC(=O)O)cc1C.CCc1cc(F)cc2c1OCOC2. The van der Waals surface area contributed by atoms with Gasteiger partial charge in [0.1, 0.15) is 18.1 Å². The quantitative estimate of drug-likeness (QED) is 0.343. The van der Waals surface area contributed by atoms with Gasteiger partial charge in [-0.3, -0.25) is 14.4 Å². The van der Waals surface area contributed by atoms with Crippen LogP contribution >= 0.6 is 0 Å². The summed E-state index contributed by atoms with van der Waals surface area (Å²) in [6.07, 6.45) is 0.778. The Bertz CT molecular complexity index is 1070. The minimum absolute atomic E-state index is 0.0972. The maximum absolute atomic E-state index is 13.0. The summed E-state index contributed by atoms with van der Waals surface area (Å²) in [6.45, 7) is 5.13. The van der Waals surface area contributed by atoms with Gasteiger partial charge in [0, 0.05) is 23.6 Å². The molecule has 0 fully saturated rings. The van der Waals surface area contributed by atoms with Crippen molar-refractivity contribution in [2.24, 2.45) is 5.16 Å². The number of hydrogen-bond acceptors (Lipinski definition) is 7. The van der Waals surface area contributed by atoms with Gasteiger partial charge < -0.3 is 25.1 Å². The molecule has 0 atom stereocenters. The summed E-state index contributed by atoms with van der Waals surface area (Å²) in [5.41, 5.74) is 2.86. The van der Waals surface area contributed by atoms with Crippen molar-refractivity contribution in [1.29, 1.82) is 0 Å². The Labute approximate surface area is 189 Å². The highest BCUT2D eigenvalue weighted by molar-refractivity contribution is 6.45. The van der Waals surface area contributed by atoms with Gasteiger partial charge in [0.05, 0.1) is 6.61 Å². The van der Waals surface area contributed by atoms with Crippen LogP contribution in [-0.2, 0) is 27.4 Å². The zero-order valence-corrected chi connectivity index (χ0v) is 18.5. The Morgan fingerprint density at radius 3 is 2.52 bits per heavy atom. The van der Waals surface area contributed by atoms with Gasteiger partial charge >= 0.3 is 5.97 Å². The Morgan fingerprint density at radius 2 is 1.94 bits per heavy atom.